The molecule has 356 valence electrons. The second-order valence-corrected chi connectivity index (χ2v) is 20.6. The van der Waals surface area contributed by atoms with Crippen molar-refractivity contribution >= 4 is 17.1 Å². The summed E-state index contributed by atoms with van der Waals surface area (Å²) in [4.78, 5) is 2.42. The molecule has 76 heavy (non-hydrogen) atoms. The normalized spacial score (nSPS) is 15.2. The molecule has 0 saturated carbocycles. The van der Waals surface area contributed by atoms with Crippen molar-refractivity contribution in [1.29, 1.82) is 0 Å². The monoisotopic (exact) mass is 965 g/mol. The average Bonchev–Trinajstić information content (AvgIpc) is 4.19. The SMILES string of the molecule is c1ccc(C2c3ccccc3-c3cccc(-c4ccc(N(c5ccc(-c6cccc7c6C(c6ccccc6)c6ccccc6-7)cc5)c5ccc(-c6cccc7c6C(c6ccccc6)c6ccccc6-7)cc5)cc4)c32)cc1. The average molecular weight is 966 g/mol. The van der Waals surface area contributed by atoms with E-state index in [4.69, 9.17) is 0 Å². The molecule has 0 amide bonds. The van der Waals surface area contributed by atoms with Crippen LogP contribution >= 0.6 is 0 Å². The van der Waals surface area contributed by atoms with Gasteiger partial charge in [0.05, 0.1) is 0 Å². The first-order valence-corrected chi connectivity index (χ1v) is 26.7. The van der Waals surface area contributed by atoms with Gasteiger partial charge in [0.2, 0.25) is 0 Å². The molecule has 0 fully saturated rings. The van der Waals surface area contributed by atoms with Crippen molar-refractivity contribution in [2.45, 2.75) is 17.8 Å². The standard InChI is InChI=1S/C75H51N/c1-4-19-52(20-5-1)70-64-28-13-10-25-61(64)67-34-16-31-58(73(67)70)49-37-43-55(44-38-49)76(56-45-39-50(40-46-56)59-32-17-35-68-62-26-11-14-29-65(62)71(74(59)68)53-21-6-2-7-22-53)57-47-41-51(42-48-57)60-33-18-36-69-63-27-12-15-30-66(63)72(75(60)69)54-23-8-3-9-24-54/h1-48,70-72H. The van der Waals surface area contributed by atoms with Gasteiger partial charge in [-0.25, -0.2) is 0 Å². The smallest absolute Gasteiger partial charge is 0.0462 e. The number of hydrogen-bond acceptors (Lipinski definition) is 1. The molecule has 12 aromatic rings. The van der Waals surface area contributed by atoms with Crippen LogP contribution in [0.2, 0.25) is 0 Å². The molecular weight excluding hydrogens is 915 g/mol. The van der Waals surface area contributed by atoms with Crippen LogP contribution in [-0.4, -0.2) is 0 Å². The van der Waals surface area contributed by atoms with E-state index in [9.17, 15) is 0 Å². The lowest BCUT2D eigenvalue weighted by Gasteiger charge is -2.27. The zero-order valence-corrected chi connectivity index (χ0v) is 41.9. The van der Waals surface area contributed by atoms with E-state index in [1.54, 1.807) is 0 Å². The summed E-state index contributed by atoms with van der Waals surface area (Å²) in [5.41, 5.74) is 30.8. The fourth-order valence-electron chi connectivity index (χ4n) is 13.3. The highest BCUT2D eigenvalue weighted by atomic mass is 15.1. The number of hydrogen-bond donors (Lipinski definition) is 0. The molecule has 1 heteroatoms. The van der Waals surface area contributed by atoms with Crippen LogP contribution in [0.25, 0.3) is 66.8 Å². The first-order chi connectivity index (χ1) is 37.7. The molecule has 0 spiro atoms. The van der Waals surface area contributed by atoms with Crippen molar-refractivity contribution in [3.8, 4) is 66.8 Å². The second kappa shape index (κ2) is 18.1. The molecule has 0 radical (unpaired) electrons. The Morgan fingerprint density at radius 1 is 0.184 bits per heavy atom. The Balaban J connectivity index is 0.842. The highest BCUT2D eigenvalue weighted by Gasteiger charge is 2.35. The zero-order valence-electron chi connectivity index (χ0n) is 41.9. The van der Waals surface area contributed by atoms with Gasteiger partial charge in [-0.2, -0.15) is 0 Å². The van der Waals surface area contributed by atoms with Crippen molar-refractivity contribution in [3.63, 3.8) is 0 Å². The highest BCUT2D eigenvalue weighted by molar-refractivity contribution is 5.92. The Kier molecular flexibility index (Phi) is 10.5. The maximum atomic E-state index is 2.42. The zero-order chi connectivity index (χ0) is 50.1. The summed E-state index contributed by atoms with van der Waals surface area (Å²) in [5.74, 6) is 0.466. The summed E-state index contributed by atoms with van der Waals surface area (Å²) in [6.45, 7) is 0. The van der Waals surface area contributed by atoms with E-state index in [1.807, 2.05) is 0 Å². The first kappa shape index (κ1) is 44.0. The molecular formula is C75H51N. The van der Waals surface area contributed by atoms with Crippen molar-refractivity contribution in [1.82, 2.24) is 0 Å². The number of nitrogens with zero attached hydrogens (tertiary/aromatic N) is 1. The van der Waals surface area contributed by atoms with E-state index in [0.29, 0.717) is 0 Å². The lowest BCUT2D eigenvalue weighted by atomic mass is 9.85. The van der Waals surface area contributed by atoms with Crippen molar-refractivity contribution in [2.24, 2.45) is 0 Å². The van der Waals surface area contributed by atoms with Crippen LogP contribution in [0.5, 0.6) is 0 Å². The summed E-state index contributed by atoms with van der Waals surface area (Å²) in [5, 5.41) is 0. The van der Waals surface area contributed by atoms with Crippen LogP contribution in [0.3, 0.4) is 0 Å². The Bertz CT molecular complexity index is 3710. The van der Waals surface area contributed by atoms with Crippen LogP contribution in [-0.2, 0) is 0 Å². The van der Waals surface area contributed by atoms with Gasteiger partial charge in [-0.3, -0.25) is 0 Å². The Hall–Kier alpha value is -9.56. The topological polar surface area (TPSA) is 3.24 Å². The fourth-order valence-corrected chi connectivity index (χ4v) is 13.3. The molecule has 0 bridgehead atoms. The lowest BCUT2D eigenvalue weighted by Crippen LogP contribution is -2.10. The van der Waals surface area contributed by atoms with E-state index >= 15 is 0 Å². The van der Waals surface area contributed by atoms with Crippen LogP contribution in [0, 0.1) is 0 Å². The van der Waals surface area contributed by atoms with E-state index in [2.05, 4.69) is 296 Å². The molecule has 3 aliphatic carbocycles. The van der Waals surface area contributed by atoms with E-state index in [0.717, 1.165) is 17.1 Å². The van der Waals surface area contributed by atoms with Gasteiger partial charge in [-0.1, -0.05) is 255 Å². The molecule has 0 N–H and O–H groups in total. The van der Waals surface area contributed by atoms with Gasteiger partial charge in [0.15, 0.2) is 0 Å². The van der Waals surface area contributed by atoms with Crippen LogP contribution in [0.4, 0.5) is 17.1 Å². The van der Waals surface area contributed by atoms with Gasteiger partial charge in [0.1, 0.15) is 0 Å². The first-order valence-electron chi connectivity index (χ1n) is 26.7. The van der Waals surface area contributed by atoms with Crippen molar-refractivity contribution in [2.75, 3.05) is 4.90 Å². The third-order valence-corrected chi connectivity index (χ3v) is 16.6. The predicted octanol–water partition coefficient (Wildman–Crippen LogP) is 19.6. The number of benzene rings is 12. The van der Waals surface area contributed by atoms with Gasteiger partial charge in [-0.05, 0) is 153 Å². The number of rotatable bonds is 9. The van der Waals surface area contributed by atoms with Gasteiger partial charge < -0.3 is 4.90 Å². The summed E-state index contributed by atoms with van der Waals surface area (Å²) in [6, 6.07) is 108. The van der Waals surface area contributed by atoms with Gasteiger partial charge >= 0.3 is 0 Å². The van der Waals surface area contributed by atoms with Crippen molar-refractivity contribution < 1.29 is 0 Å². The minimum atomic E-state index is 0.155. The minimum absolute atomic E-state index is 0.155. The fraction of sp³-hybridized carbons (Fsp3) is 0.0400. The van der Waals surface area contributed by atoms with Crippen molar-refractivity contribution in [3.05, 3.63) is 341 Å². The minimum Gasteiger partial charge on any atom is -0.311 e. The summed E-state index contributed by atoms with van der Waals surface area (Å²) in [7, 11) is 0. The van der Waals surface area contributed by atoms with Gasteiger partial charge in [-0.15, -0.1) is 0 Å². The van der Waals surface area contributed by atoms with E-state index in [-0.39, 0.29) is 17.8 Å². The number of anilines is 3. The molecule has 1 nitrogen and oxygen atoms in total. The molecule has 12 aromatic carbocycles. The lowest BCUT2D eigenvalue weighted by molar-refractivity contribution is 1.02. The summed E-state index contributed by atoms with van der Waals surface area (Å²) in [6.07, 6.45) is 0. The molecule has 0 heterocycles. The van der Waals surface area contributed by atoms with Crippen LogP contribution in [0.1, 0.15) is 67.8 Å². The Morgan fingerprint density at radius 3 is 0.711 bits per heavy atom. The summed E-state index contributed by atoms with van der Waals surface area (Å²) >= 11 is 0. The predicted molar refractivity (Wildman–Crippen MR) is 316 cm³/mol. The summed E-state index contributed by atoms with van der Waals surface area (Å²) < 4.78 is 0. The van der Waals surface area contributed by atoms with E-state index in [1.165, 1.54) is 117 Å². The third kappa shape index (κ3) is 7.08. The molecule has 0 aromatic heterocycles. The largest absolute Gasteiger partial charge is 0.311 e. The number of fused-ring (bicyclic) bond motifs is 9. The van der Waals surface area contributed by atoms with E-state index < -0.39 is 0 Å². The molecule has 15 rings (SSSR count). The maximum absolute atomic E-state index is 2.42. The molecule has 0 aliphatic heterocycles. The maximum Gasteiger partial charge on any atom is 0.0462 e. The molecule has 0 saturated heterocycles. The van der Waals surface area contributed by atoms with Gasteiger partial charge in [0, 0.05) is 34.8 Å². The van der Waals surface area contributed by atoms with Gasteiger partial charge in [0.25, 0.3) is 0 Å². The second-order valence-electron chi connectivity index (χ2n) is 20.6. The molecule has 3 atom stereocenters. The Morgan fingerprint density at radius 2 is 0.421 bits per heavy atom. The third-order valence-electron chi connectivity index (χ3n) is 16.6. The Labute approximate surface area is 445 Å². The molecule has 3 unspecified atom stereocenters. The quantitative estimate of drug-likeness (QED) is 0.139. The highest BCUT2D eigenvalue weighted by Crippen LogP contribution is 2.55. The molecule has 3 aliphatic rings. The van der Waals surface area contributed by atoms with Crippen LogP contribution in [0.15, 0.2) is 291 Å². The van der Waals surface area contributed by atoms with Crippen LogP contribution < -0.4 is 4.90 Å².